The van der Waals surface area contributed by atoms with E-state index in [0.29, 0.717) is 38.6 Å². The number of pyridine rings is 1. The van der Waals surface area contributed by atoms with Crippen molar-refractivity contribution in [3.05, 3.63) is 78.2 Å². The Hall–Kier alpha value is -3.80. The van der Waals surface area contributed by atoms with E-state index in [2.05, 4.69) is 33.2 Å². The van der Waals surface area contributed by atoms with Crippen molar-refractivity contribution < 1.29 is 4.79 Å². The Bertz CT molecular complexity index is 1390. The van der Waals surface area contributed by atoms with Gasteiger partial charge in [0.25, 0.3) is 0 Å². The molecule has 4 rings (SSSR count). The lowest BCUT2D eigenvalue weighted by Crippen LogP contribution is -2.07. The maximum Gasteiger partial charge on any atom is 0.247 e. The number of hydrogen-bond donors (Lipinski definition) is 2. The minimum atomic E-state index is -0.323. The number of nitrogens with zero attached hydrogens (tertiary/aromatic N) is 4. The minimum absolute atomic E-state index is 0.323. The lowest BCUT2D eigenvalue weighted by Gasteiger charge is -2.14. The number of halogens is 1. The van der Waals surface area contributed by atoms with Crippen LogP contribution in [0.25, 0.3) is 10.9 Å². The minimum Gasteiger partial charge on any atom is -0.354 e. The molecule has 0 aliphatic carbocycles. The zero-order valence-corrected chi connectivity index (χ0v) is 18.5. The fourth-order valence-electron chi connectivity index (χ4n) is 3.04. The predicted octanol–water partition coefficient (Wildman–Crippen LogP) is 5.51. The number of nitriles is 1. The van der Waals surface area contributed by atoms with Gasteiger partial charge in [0.1, 0.15) is 6.07 Å². The highest BCUT2D eigenvalue weighted by molar-refractivity contribution is 7.99. The van der Waals surface area contributed by atoms with Crippen molar-refractivity contribution in [1.82, 2.24) is 14.5 Å². The summed E-state index contributed by atoms with van der Waals surface area (Å²) in [5, 5.41) is 17.7. The quantitative estimate of drug-likeness (QED) is 0.368. The summed E-state index contributed by atoms with van der Waals surface area (Å²) in [4.78, 5) is 21.2. The monoisotopic (exact) mass is 460 g/mol. The third-order valence-corrected chi connectivity index (χ3v) is 6.20. The Morgan fingerprint density at radius 1 is 1.25 bits per heavy atom. The van der Waals surface area contributed by atoms with Gasteiger partial charge in [-0.3, -0.25) is 9.78 Å². The molecule has 0 aliphatic heterocycles. The van der Waals surface area contributed by atoms with Crippen molar-refractivity contribution in [3.63, 3.8) is 0 Å². The third-order valence-electron chi connectivity index (χ3n) is 4.62. The Morgan fingerprint density at radius 3 is 2.75 bits per heavy atom. The van der Waals surface area contributed by atoms with Gasteiger partial charge in [0.15, 0.2) is 5.16 Å². The molecule has 0 saturated heterocycles. The van der Waals surface area contributed by atoms with Gasteiger partial charge >= 0.3 is 0 Å². The van der Waals surface area contributed by atoms with Gasteiger partial charge < -0.3 is 15.2 Å². The van der Waals surface area contributed by atoms with Crippen molar-refractivity contribution in [2.45, 2.75) is 10.1 Å². The summed E-state index contributed by atoms with van der Waals surface area (Å²) in [5.74, 6) is -0.323. The highest BCUT2D eigenvalue weighted by Gasteiger charge is 2.13. The molecule has 2 heterocycles. The van der Waals surface area contributed by atoms with Crippen LogP contribution in [0.5, 0.6) is 0 Å². The van der Waals surface area contributed by atoms with Crippen molar-refractivity contribution in [3.8, 4) is 6.07 Å². The lowest BCUT2D eigenvalue weighted by molar-refractivity contribution is -0.111. The van der Waals surface area contributed by atoms with Gasteiger partial charge in [-0.25, -0.2) is 4.98 Å². The number of aryl methyl sites for hydroxylation is 1. The molecule has 0 aliphatic rings. The van der Waals surface area contributed by atoms with E-state index in [0.717, 1.165) is 10.1 Å². The summed E-state index contributed by atoms with van der Waals surface area (Å²) in [6.07, 6.45) is 6.31. The van der Waals surface area contributed by atoms with Crippen LogP contribution in [0.4, 0.5) is 17.1 Å². The number of rotatable bonds is 6. The van der Waals surface area contributed by atoms with Crippen molar-refractivity contribution in [2.75, 3.05) is 10.6 Å². The van der Waals surface area contributed by atoms with Gasteiger partial charge in [0.2, 0.25) is 5.91 Å². The Balaban J connectivity index is 1.69. The van der Waals surface area contributed by atoms with Gasteiger partial charge in [-0.15, -0.1) is 0 Å². The largest absolute Gasteiger partial charge is 0.354 e. The molecule has 7 nitrogen and oxygen atoms in total. The molecule has 0 radical (unpaired) electrons. The highest BCUT2D eigenvalue weighted by Crippen LogP contribution is 2.36. The normalized spacial score (nSPS) is 10.5. The van der Waals surface area contributed by atoms with Gasteiger partial charge in [-0.1, -0.05) is 29.9 Å². The van der Waals surface area contributed by atoms with E-state index in [4.69, 9.17) is 11.6 Å². The zero-order valence-electron chi connectivity index (χ0n) is 17.0. The predicted molar refractivity (Wildman–Crippen MR) is 127 cm³/mol. The highest BCUT2D eigenvalue weighted by atomic mass is 35.5. The lowest BCUT2D eigenvalue weighted by atomic mass is 10.1. The number of carbonyl (C=O) groups excluding carboxylic acids is 1. The van der Waals surface area contributed by atoms with E-state index < -0.39 is 0 Å². The molecule has 2 aromatic heterocycles. The van der Waals surface area contributed by atoms with Crippen LogP contribution in [0.2, 0.25) is 5.02 Å². The summed E-state index contributed by atoms with van der Waals surface area (Å²) >= 11 is 7.99. The Morgan fingerprint density at radius 2 is 2.06 bits per heavy atom. The standard InChI is InChI=1S/C23H17ClN6OS/c1-3-21(31)28-15-4-6-19-17(10-15)22(14(12-25)13-27-19)29-16-5-7-20(18(24)11-16)32-23-26-8-9-30(23)2/h3-11,13H,1H2,2H3,(H,27,29)(H,28,31). The molecule has 0 atom stereocenters. The number of anilines is 3. The maximum absolute atomic E-state index is 11.7. The fourth-order valence-corrected chi connectivity index (χ4v) is 4.14. The summed E-state index contributed by atoms with van der Waals surface area (Å²) in [7, 11) is 1.92. The van der Waals surface area contributed by atoms with E-state index in [1.807, 2.05) is 29.9 Å². The van der Waals surface area contributed by atoms with Gasteiger partial charge in [-0.05, 0) is 42.5 Å². The molecule has 2 aromatic carbocycles. The zero-order chi connectivity index (χ0) is 22.7. The number of nitrogens with one attached hydrogen (secondary N) is 2. The smallest absolute Gasteiger partial charge is 0.247 e. The van der Waals surface area contributed by atoms with Gasteiger partial charge in [0, 0.05) is 47.3 Å². The molecule has 2 N–H and O–H groups in total. The maximum atomic E-state index is 11.7. The van der Waals surface area contributed by atoms with Crippen LogP contribution in [0.1, 0.15) is 5.56 Å². The van der Waals surface area contributed by atoms with E-state index in [1.165, 1.54) is 24.0 Å². The third kappa shape index (κ3) is 4.44. The van der Waals surface area contributed by atoms with Crippen molar-refractivity contribution >= 4 is 57.2 Å². The average Bonchev–Trinajstić information content (AvgIpc) is 3.20. The first-order chi connectivity index (χ1) is 15.5. The molecular formula is C23H17ClN6OS. The van der Waals surface area contributed by atoms with Gasteiger partial charge in [-0.2, -0.15) is 5.26 Å². The summed E-state index contributed by atoms with van der Waals surface area (Å²) in [6.45, 7) is 3.46. The topological polar surface area (TPSA) is 95.6 Å². The van der Waals surface area contributed by atoms with E-state index in [1.54, 1.807) is 30.5 Å². The number of benzene rings is 2. The average molecular weight is 461 g/mol. The van der Waals surface area contributed by atoms with E-state index in [9.17, 15) is 10.1 Å². The SMILES string of the molecule is C=CC(=O)Nc1ccc2ncc(C#N)c(Nc3ccc(Sc4nccn4C)c(Cl)c3)c2c1. The first kappa shape index (κ1) is 21.4. The number of imidazole rings is 1. The van der Waals surface area contributed by atoms with Crippen LogP contribution in [0.15, 0.2) is 77.7 Å². The number of fused-ring (bicyclic) bond motifs is 1. The second kappa shape index (κ2) is 9.14. The second-order valence-electron chi connectivity index (χ2n) is 6.78. The molecule has 9 heteroatoms. The first-order valence-corrected chi connectivity index (χ1v) is 10.7. The fraction of sp³-hybridized carbons (Fsp3) is 0.0435. The van der Waals surface area contributed by atoms with E-state index in [-0.39, 0.29) is 5.91 Å². The van der Waals surface area contributed by atoms with Gasteiger partial charge in [0.05, 0.1) is 21.8 Å². The first-order valence-electron chi connectivity index (χ1n) is 9.46. The van der Waals surface area contributed by atoms with Crippen LogP contribution in [-0.2, 0) is 11.8 Å². The molecule has 0 bridgehead atoms. The molecule has 4 aromatic rings. The van der Waals surface area contributed by atoms with Crippen molar-refractivity contribution in [1.29, 1.82) is 5.26 Å². The summed E-state index contributed by atoms with van der Waals surface area (Å²) < 4.78 is 1.91. The number of carbonyl (C=O) groups is 1. The molecule has 32 heavy (non-hydrogen) atoms. The Kier molecular flexibility index (Phi) is 6.12. The molecule has 0 spiro atoms. The molecule has 0 unspecified atom stereocenters. The summed E-state index contributed by atoms with van der Waals surface area (Å²) in [6, 6.07) is 13.0. The molecular weight excluding hydrogens is 444 g/mol. The van der Waals surface area contributed by atoms with Crippen LogP contribution >= 0.6 is 23.4 Å². The number of aromatic nitrogens is 3. The van der Waals surface area contributed by atoms with E-state index >= 15 is 0 Å². The number of hydrogen-bond acceptors (Lipinski definition) is 6. The molecule has 0 saturated carbocycles. The van der Waals surface area contributed by atoms with Crippen LogP contribution in [0.3, 0.4) is 0 Å². The van der Waals surface area contributed by atoms with Crippen LogP contribution < -0.4 is 10.6 Å². The van der Waals surface area contributed by atoms with Crippen molar-refractivity contribution in [2.24, 2.45) is 7.05 Å². The number of amides is 1. The molecule has 158 valence electrons. The summed E-state index contributed by atoms with van der Waals surface area (Å²) in [5.41, 5.74) is 2.90. The molecule has 1 amide bonds. The Labute approximate surface area is 193 Å². The molecule has 0 fully saturated rings. The second-order valence-corrected chi connectivity index (χ2v) is 8.19. The van der Waals surface area contributed by atoms with Crippen LogP contribution in [0, 0.1) is 11.3 Å². The van der Waals surface area contributed by atoms with Crippen LogP contribution in [-0.4, -0.2) is 20.4 Å².